The molecule has 0 amide bonds. The van der Waals surface area contributed by atoms with Crippen LogP contribution in [0.25, 0.3) is 11.2 Å². The highest BCUT2D eigenvalue weighted by molar-refractivity contribution is 5.74. The summed E-state index contributed by atoms with van der Waals surface area (Å²) in [7, 11) is 1.61. The molecular weight excluding hydrogens is 298 g/mol. The molecule has 8 heteroatoms. The summed E-state index contributed by atoms with van der Waals surface area (Å²) in [5.74, 6) is 1.88. The zero-order valence-corrected chi connectivity index (χ0v) is 12.9. The molecule has 0 aromatic carbocycles. The molecule has 4 rings (SSSR count). The Bertz CT molecular complexity index is 979. The highest BCUT2D eigenvalue weighted by Gasteiger charge is 2.28. The Hall–Kier alpha value is -2.77. The molecule has 0 radical (unpaired) electrons. The van der Waals surface area contributed by atoms with Gasteiger partial charge in [-0.15, -0.1) is 0 Å². The van der Waals surface area contributed by atoms with E-state index in [2.05, 4.69) is 21.8 Å². The van der Waals surface area contributed by atoms with E-state index in [9.17, 15) is 9.59 Å². The maximum atomic E-state index is 12.2. The lowest BCUT2D eigenvalue weighted by molar-refractivity contribution is 0.418. The minimum atomic E-state index is -0.455. The van der Waals surface area contributed by atoms with Gasteiger partial charge in [0, 0.05) is 20.1 Å². The number of fused-ring (bicyclic) bond motifs is 3. The van der Waals surface area contributed by atoms with Crippen molar-refractivity contribution in [3.63, 3.8) is 0 Å². The predicted molar refractivity (Wildman–Crippen MR) is 84.5 cm³/mol. The first-order valence-electron chi connectivity index (χ1n) is 7.51. The second kappa shape index (κ2) is 4.87. The third-order valence-corrected chi connectivity index (χ3v) is 4.22. The van der Waals surface area contributed by atoms with Crippen LogP contribution in [-0.2, 0) is 20.1 Å². The third kappa shape index (κ3) is 2.09. The van der Waals surface area contributed by atoms with Crippen LogP contribution in [-0.4, -0.2) is 25.6 Å². The summed E-state index contributed by atoms with van der Waals surface area (Å²) >= 11 is 0. The molecular formula is C15H17N5O3. The summed E-state index contributed by atoms with van der Waals surface area (Å²) in [6.07, 6.45) is 1.64. The highest BCUT2D eigenvalue weighted by atomic mass is 16.3. The van der Waals surface area contributed by atoms with Crippen LogP contribution < -0.4 is 16.1 Å². The average Bonchev–Trinajstić information content (AvgIpc) is 3.12. The van der Waals surface area contributed by atoms with E-state index in [4.69, 9.17) is 4.42 Å². The quantitative estimate of drug-likeness (QED) is 0.751. The van der Waals surface area contributed by atoms with Crippen LogP contribution in [0.3, 0.4) is 0 Å². The Balaban J connectivity index is 1.92. The fourth-order valence-corrected chi connectivity index (χ4v) is 3.19. The number of nitrogens with zero attached hydrogens (tertiary/aromatic N) is 4. The number of hydrogen-bond donors (Lipinski definition) is 1. The Labute approximate surface area is 131 Å². The molecule has 23 heavy (non-hydrogen) atoms. The topological polar surface area (TPSA) is 89.1 Å². The van der Waals surface area contributed by atoms with E-state index in [1.54, 1.807) is 13.3 Å². The van der Waals surface area contributed by atoms with Crippen LogP contribution in [0.4, 0.5) is 5.95 Å². The number of rotatable bonds is 2. The first kappa shape index (κ1) is 13.9. The van der Waals surface area contributed by atoms with E-state index in [0.29, 0.717) is 36.1 Å². The van der Waals surface area contributed by atoms with Gasteiger partial charge in [-0.2, -0.15) is 4.98 Å². The van der Waals surface area contributed by atoms with Gasteiger partial charge in [0.1, 0.15) is 5.76 Å². The molecule has 1 N–H and O–H groups in total. The van der Waals surface area contributed by atoms with E-state index in [-0.39, 0.29) is 0 Å². The van der Waals surface area contributed by atoms with Gasteiger partial charge in [0.25, 0.3) is 5.56 Å². The van der Waals surface area contributed by atoms with Gasteiger partial charge in [-0.25, -0.2) is 4.79 Å². The maximum Gasteiger partial charge on any atom is 0.329 e. The van der Waals surface area contributed by atoms with Crippen molar-refractivity contribution in [2.24, 2.45) is 13.0 Å². The molecule has 0 unspecified atom stereocenters. The van der Waals surface area contributed by atoms with Gasteiger partial charge in [-0.3, -0.25) is 14.3 Å². The molecule has 4 heterocycles. The summed E-state index contributed by atoms with van der Waals surface area (Å²) in [6, 6.07) is 3.76. The Morgan fingerprint density at radius 1 is 1.39 bits per heavy atom. The second-order valence-corrected chi connectivity index (χ2v) is 6.08. The third-order valence-electron chi connectivity index (χ3n) is 4.22. The predicted octanol–water partition coefficient (Wildman–Crippen LogP) is 0.673. The van der Waals surface area contributed by atoms with Crippen molar-refractivity contribution in [1.82, 2.24) is 19.1 Å². The van der Waals surface area contributed by atoms with Gasteiger partial charge in [-0.1, -0.05) is 6.92 Å². The average molecular weight is 315 g/mol. The number of nitrogens with one attached hydrogen (secondary N) is 1. The van der Waals surface area contributed by atoms with E-state index >= 15 is 0 Å². The summed E-state index contributed by atoms with van der Waals surface area (Å²) < 4.78 is 8.69. The van der Waals surface area contributed by atoms with Crippen molar-refractivity contribution >= 4 is 17.1 Å². The molecule has 0 bridgehead atoms. The number of aromatic amines is 1. The monoisotopic (exact) mass is 315 g/mol. The van der Waals surface area contributed by atoms with Crippen molar-refractivity contribution in [2.75, 3.05) is 11.4 Å². The van der Waals surface area contributed by atoms with Gasteiger partial charge in [-0.05, 0) is 18.1 Å². The lowest BCUT2D eigenvalue weighted by Crippen LogP contribution is -2.37. The normalized spacial score (nSPS) is 17.7. The van der Waals surface area contributed by atoms with Crippen LogP contribution in [0.5, 0.6) is 0 Å². The second-order valence-electron chi connectivity index (χ2n) is 6.08. The fourth-order valence-electron chi connectivity index (χ4n) is 3.19. The van der Waals surface area contributed by atoms with E-state index in [1.807, 2.05) is 16.7 Å². The summed E-state index contributed by atoms with van der Waals surface area (Å²) in [5, 5.41) is 0. The van der Waals surface area contributed by atoms with Crippen LogP contribution in [0.1, 0.15) is 12.7 Å². The van der Waals surface area contributed by atoms with Crippen molar-refractivity contribution in [3.05, 3.63) is 45.0 Å². The largest absolute Gasteiger partial charge is 0.467 e. The van der Waals surface area contributed by atoms with Crippen LogP contribution in [0.2, 0.25) is 0 Å². The first-order valence-corrected chi connectivity index (χ1v) is 7.51. The minimum Gasteiger partial charge on any atom is -0.467 e. The van der Waals surface area contributed by atoms with Gasteiger partial charge < -0.3 is 13.9 Å². The number of anilines is 1. The smallest absolute Gasteiger partial charge is 0.329 e. The lowest BCUT2D eigenvalue weighted by atomic mass is 10.1. The number of aryl methyl sites for hydroxylation is 1. The summed E-state index contributed by atoms with van der Waals surface area (Å²) in [4.78, 5) is 33.0. The number of aromatic nitrogens is 4. The summed E-state index contributed by atoms with van der Waals surface area (Å²) in [6.45, 7) is 4.21. The lowest BCUT2D eigenvalue weighted by Gasteiger charge is -2.32. The van der Waals surface area contributed by atoms with E-state index in [0.717, 1.165) is 12.3 Å². The fraction of sp³-hybridized carbons (Fsp3) is 0.400. The molecule has 8 nitrogen and oxygen atoms in total. The van der Waals surface area contributed by atoms with Crippen molar-refractivity contribution in [1.29, 1.82) is 0 Å². The van der Waals surface area contributed by atoms with Gasteiger partial charge in [0.15, 0.2) is 11.2 Å². The molecule has 3 aromatic heterocycles. The van der Waals surface area contributed by atoms with Gasteiger partial charge in [0.2, 0.25) is 5.95 Å². The number of imidazole rings is 1. The molecule has 0 aliphatic carbocycles. The zero-order chi connectivity index (χ0) is 16.1. The molecule has 1 aliphatic heterocycles. The van der Waals surface area contributed by atoms with Crippen LogP contribution in [0, 0.1) is 5.92 Å². The van der Waals surface area contributed by atoms with Crippen molar-refractivity contribution < 1.29 is 4.42 Å². The number of hydrogen-bond acceptors (Lipinski definition) is 5. The van der Waals surface area contributed by atoms with Crippen molar-refractivity contribution in [3.8, 4) is 0 Å². The molecule has 0 saturated carbocycles. The van der Waals surface area contributed by atoms with E-state index in [1.165, 1.54) is 4.57 Å². The SMILES string of the molecule is C[C@@H]1CN(Cc2ccco2)c2nc3c(c(=O)[nH]c(=O)n3C)n2C1. The molecule has 120 valence electrons. The molecule has 0 spiro atoms. The van der Waals surface area contributed by atoms with E-state index < -0.39 is 11.2 Å². The molecule has 0 saturated heterocycles. The van der Waals surface area contributed by atoms with Crippen LogP contribution in [0.15, 0.2) is 32.4 Å². The number of furan rings is 1. The van der Waals surface area contributed by atoms with Gasteiger partial charge >= 0.3 is 5.69 Å². The zero-order valence-electron chi connectivity index (χ0n) is 12.9. The number of H-pyrrole nitrogens is 1. The standard InChI is InChI=1S/C15H17N5O3/c1-9-6-19(8-10-4-3-5-23-10)14-16-12-11(20(14)7-9)13(21)17-15(22)18(12)2/h3-5,9H,6-8H2,1-2H3,(H,17,21,22)/t9-/m1/s1. The molecule has 1 atom stereocenters. The Morgan fingerprint density at radius 3 is 2.96 bits per heavy atom. The Morgan fingerprint density at radius 2 is 2.22 bits per heavy atom. The molecule has 3 aromatic rings. The first-order chi connectivity index (χ1) is 11.0. The minimum absolute atomic E-state index is 0.353. The summed E-state index contributed by atoms with van der Waals surface area (Å²) in [5.41, 5.74) is 0.00266. The maximum absolute atomic E-state index is 12.2. The van der Waals surface area contributed by atoms with Gasteiger partial charge in [0.05, 0.1) is 12.8 Å². The van der Waals surface area contributed by atoms with Crippen molar-refractivity contribution in [2.45, 2.75) is 20.0 Å². The Kier molecular flexibility index (Phi) is 2.93. The highest BCUT2D eigenvalue weighted by Crippen LogP contribution is 2.27. The molecule has 1 aliphatic rings. The van der Waals surface area contributed by atoms with Crippen LogP contribution >= 0.6 is 0 Å². The molecule has 0 fully saturated rings.